The highest BCUT2D eigenvalue weighted by molar-refractivity contribution is 7.15. The molecule has 2 aromatic carbocycles. The Morgan fingerprint density at radius 1 is 1.12 bits per heavy atom. The molecule has 0 aliphatic heterocycles. The average Bonchev–Trinajstić information content (AvgIpc) is 3.12. The van der Waals surface area contributed by atoms with Crippen molar-refractivity contribution < 1.29 is 23.1 Å². The van der Waals surface area contributed by atoms with Crippen molar-refractivity contribution >= 4 is 29.1 Å². The van der Waals surface area contributed by atoms with E-state index in [2.05, 4.69) is 16.8 Å². The van der Waals surface area contributed by atoms with Gasteiger partial charge in [-0.1, -0.05) is 31.2 Å². The summed E-state index contributed by atoms with van der Waals surface area (Å²) < 4.78 is 38.5. The molecule has 8 heteroatoms. The Labute approximate surface area is 188 Å². The number of anilines is 1. The number of benzene rings is 2. The predicted molar refractivity (Wildman–Crippen MR) is 122 cm³/mol. The van der Waals surface area contributed by atoms with Crippen LogP contribution in [0.25, 0.3) is 16.6 Å². The average molecular weight is 461 g/mol. The van der Waals surface area contributed by atoms with Crippen molar-refractivity contribution in [1.82, 2.24) is 4.98 Å². The highest BCUT2D eigenvalue weighted by Crippen LogP contribution is 2.33. The molecule has 3 rings (SSSR count). The Bertz CT molecular complexity index is 1090. The third-order valence-electron chi connectivity index (χ3n) is 4.86. The van der Waals surface area contributed by atoms with Gasteiger partial charge in [-0.2, -0.15) is 13.2 Å². The number of carbonyl (C=O) groups is 1. The van der Waals surface area contributed by atoms with Gasteiger partial charge in [-0.05, 0) is 49.2 Å². The number of hydrogen-bond acceptors (Lipinski definition) is 4. The van der Waals surface area contributed by atoms with Crippen molar-refractivity contribution in [2.45, 2.75) is 33.0 Å². The molecule has 0 unspecified atom stereocenters. The predicted octanol–water partition coefficient (Wildman–Crippen LogP) is 6.65. The third-order valence-corrected chi connectivity index (χ3v) is 6.05. The molecule has 0 saturated carbocycles. The van der Waals surface area contributed by atoms with Gasteiger partial charge in [-0.3, -0.25) is 0 Å². The maximum atomic E-state index is 12.8. The topological polar surface area (TPSA) is 53.4 Å². The van der Waals surface area contributed by atoms with Gasteiger partial charge < -0.3 is 10.0 Å². The number of aryl methyl sites for hydroxylation is 1. The second-order valence-electron chi connectivity index (χ2n) is 7.29. The lowest BCUT2D eigenvalue weighted by atomic mass is 10.1. The van der Waals surface area contributed by atoms with Crippen molar-refractivity contribution in [2.24, 2.45) is 0 Å². The molecule has 1 N–H and O–H groups in total. The number of halogens is 3. The van der Waals surface area contributed by atoms with Gasteiger partial charge in [0.05, 0.1) is 17.8 Å². The summed E-state index contributed by atoms with van der Waals surface area (Å²) in [5.74, 6) is -0.994. The number of thiazole rings is 1. The summed E-state index contributed by atoms with van der Waals surface area (Å²) in [5.41, 5.74) is 2.64. The van der Waals surface area contributed by atoms with Crippen LogP contribution in [-0.2, 0) is 17.5 Å². The minimum absolute atomic E-state index is 0.627. The normalized spacial score (nSPS) is 11.8. The smallest absolute Gasteiger partial charge is 0.416 e. The Morgan fingerprint density at radius 2 is 1.78 bits per heavy atom. The summed E-state index contributed by atoms with van der Waals surface area (Å²) in [5, 5.41) is 9.45. The van der Waals surface area contributed by atoms with Gasteiger partial charge in [-0.25, -0.2) is 9.78 Å². The van der Waals surface area contributed by atoms with Gasteiger partial charge in [0.25, 0.3) is 0 Å². The minimum atomic E-state index is -4.36. The van der Waals surface area contributed by atoms with Crippen LogP contribution in [0.15, 0.2) is 54.6 Å². The number of carboxylic acids is 1. The molecule has 168 valence electrons. The molecular weight excluding hydrogens is 437 g/mol. The van der Waals surface area contributed by atoms with E-state index in [0.29, 0.717) is 17.1 Å². The highest BCUT2D eigenvalue weighted by atomic mass is 32.1. The summed E-state index contributed by atoms with van der Waals surface area (Å²) in [4.78, 5) is 18.5. The SMILES string of the molecule is CCCN(Cc1sc(-c2ccc(C(F)(F)F)cc2)nc1C)c1ccc(/C=C/C(=O)O)cc1. The minimum Gasteiger partial charge on any atom is -0.478 e. The van der Waals surface area contributed by atoms with E-state index in [-0.39, 0.29) is 0 Å². The van der Waals surface area contributed by atoms with Crippen LogP contribution in [0.2, 0.25) is 0 Å². The summed E-state index contributed by atoms with van der Waals surface area (Å²) in [6.45, 7) is 5.44. The van der Waals surface area contributed by atoms with Crippen LogP contribution < -0.4 is 4.90 Å². The second-order valence-corrected chi connectivity index (χ2v) is 8.37. The molecule has 32 heavy (non-hydrogen) atoms. The van der Waals surface area contributed by atoms with Crippen molar-refractivity contribution in [2.75, 3.05) is 11.4 Å². The molecule has 0 aliphatic carbocycles. The first-order valence-corrected chi connectivity index (χ1v) is 10.9. The van der Waals surface area contributed by atoms with Crippen LogP contribution in [0, 0.1) is 6.92 Å². The number of hydrogen-bond donors (Lipinski definition) is 1. The lowest BCUT2D eigenvalue weighted by molar-refractivity contribution is -0.137. The number of aliphatic carboxylic acids is 1. The zero-order chi connectivity index (χ0) is 23.3. The van der Waals surface area contributed by atoms with E-state index in [4.69, 9.17) is 5.11 Å². The van der Waals surface area contributed by atoms with E-state index in [9.17, 15) is 18.0 Å². The number of alkyl halides is 3. The van der Waals surface area contributed by atoms with Gasteiger partial charge >= 0.3 is 12.1 Å². The van der Waals surface area contributed by atoms with Crippen LogP contribution in [0.3, 0.4) is 0 Å². The Balaban J connectivity index is 1.80. The first kappa shape index (κ1) is 23.5. The largest absolute Gasteiger partial charge is 0.478 e. The molecule has 1 aromatic heterocycles. The molecule has 3 aromatic rings. The summed E-state index contributed by atoms with van der Waals surface area (Å²) in [6.07, 6.45) is -0.783. The van der Waals surface area contributed by atoms with Crippen molar-refractivity contribution in [3.63, 3.8) is 0 Å². The molecule has 4 nitrogen and oxygen atoms in total. The third kappa shape index (κ3) is 5.97. The molecule has 0 fully saturated rings. The molecule has 1 heterocycles. The highest BCUT2D eigenvalue weighted by Gasteiger charge is 2.30. The second kappa shape index (κ2) is 9.99. The van der Waals surface area contributed by atoms with Crippen LogP contribution in [0.1, 0.15) is 35.0 Å². The fourth-order valence-electron chi connectivity index (χ4n) is 3.21. The summed E-state index contributed by atoms with van der Waals surface area (Å²) in [7, 11) is 0. The quantitative estimate of drug-likeness (QED) is 0.382. The fraction of sp³-hybridized carbons (Fsp3) is 0.250. The van der Waals surface area contributed by atoms with E-state index < -0.39 is 17.7 Å². The van der Waals surface area contributed by atoms with Gasteiger partial charge in [0.2, 0.25) is 0 Å². The molecule has 0 aliphatic rings. The number of rotatable bonds is 8. The zero-order valence-electron chi connectivity index (χ0n) is 17.7. The van der Waals surface area contributed by atoms with Gasteiger partial charge in [0, 0.05) is 28.7 Å². The molecular formula is C24H23F3N2O2S. The van der Waals surface area contributed by atoms with Crippen molar-refractivity contribution in [3.8, 4) is 10.6 Å². The van der Waals surface area contributed by atoms with Gasteiger partial charge in [0.15, 0.2) is 0 Å². The Kier molecular flexibility index (Phi) is 7.35. The van der Waals surface area contributed by atoms with E-state index in [0.717, 1.165) is 53.0 Å². The van der Waals surface area contributed by atoms with E-state index >= 15 is 0 Å². The lowest BCUT2D eigenvalue weighted by Gasteiger charge is -2.24. The fourth-order valence-corrected chi connectivity index (χ4v) is 4.29. The first-order chi connectivity index (χ1) is 15.2. The number of nitrogens with zero attached hydrogens (tertiary/aromatic N) is 2. The van der Waals surface area contributed by atoms with Crippen molar-refractivity contribution in [3.05, 3.63) is 76.3 Å². The van der Waals surface area contributed by atoms with Crippen LogP contribution in [0.5, 0.6) is 0 Å². The molecule has 0 spiro atoms. The van der Waals surface area contributed by atoms with Crippen LogP contribution in [0.4, 0.5) is 18.9 Å². The van der Waals surface area contributed by atoms with Gasteiger partial charge in [-0.15, -0.1) is 11.3 Å². The summed E-state index contributed by atoms with van der Waals surface area (Å²) in [6, 6.07) is 12.7. The number of carboxylic acid groups (broad SMARTS) is 1. The molecule has 0 saturated heterocycles. The van der Waals surface area contributed by atoms with E-state index in [1.54, 1.807) is 6.08 Å². The standard InChI is InChI=1S/C24H23F3N2O2S/c1-3-14-29(20-11-4-17(5-12-20)6-13-22(30)31)15-21-16(2)28-23(32-21)18-7-9-19(10-8-18)24(25,26)27/h4-13H,3,14-15H2,1-2H3,(H,30,31)/b13-6+. The maximum absolute atomic E-state index is 12.8. The zero-order valence-corrected chi connectivity index (χ0v) is 18.5. The van der Waals surface area contributed by atoms with E-state index in [1.165, 1.54) is 23.5 Å². The van der Waals surface area contributed by atoms with Crippen LogP contribution >= 0.6 is 11.3 Å². The Morgan fingerprint density at radius 3 is 2.34 bits per heavy atom. The maximum Gasteiger partial charge on any atom is 0.416 e. The van der Waals surface area contributed by atoms with Crippen molar-refractivity contribution in [1.29, 1.82) is 0 Å². The molecule has 0 bridgehead atoms. The van der Waals surface area contributed by atoms with Crippen LogP contribution in [-0.4, -0.2) is 22.6 Å². The molecule has 0 atom stereocenters. The molecule has 0 amide bonds. The lowest BCUT2D eigenvalue weighted by Crippen LogP contribution is -2.23. The molecule has 0 radical (unpaired) electrons. The first-order valence-electron chi connectivity index (χ1n) is 10.1. The monoisotopic (exact) mass is 460 g/mol. The summed E-state index contributed by atoms with van der Waals surface area (Å²) >= 11 is 1.48. The number of aromatic nitrogens is 1. The van der Waals surface area contributed by atoms with E-state index in [1.807, 2.05) is 31.2 Å². The Hall–Kier alpha value is -3.13. The van der Waals surface area contributed by atoms with Gasteiger partial charge in [0.1, 0.15) is 5.01 Å².